The highest BCUT2D eigenvalue weighted by Gasteiger charge is 2.20. The third-order valence-electron chi connectivity index (χ3n) is 3.07. The lowest BCUT2D eigenvalue weighted by Crippen LogP contribution is -2.39. The van der Waals surface area contributed by atoms with Gasteiger partial charge >= 0.3 is 0 Å². The maximum Gasteiger partial charge on any atom is 0.241 e. The summed E-state index contributed by atoms with van der Waals surface area (Å²) < 4.78 is 30.8. The summed E-state index contributed by atoms with van der Waals surface area (Å²) >= 11 is 2.01. The van der Waals surface area contributed by atoms with Crippen molar-refractivity contribution in [3.05, 3.63) is 36.7 Å². The lowest BCUT2D eigenvalue weighted by Gasteiger charge is -2.17. The molecule has 0 radical (unpaired) electrons. The molecular weight excluding hydrogens is 389 g/mol. The van der Waals surface area contributed by atoms with E-state index in [-0.39, 0.29) is 6.04 Å². The number of aromatic nitrogens is 1. The van der Waals surface area contributed by atoms with Gasteiger partial charge in [0.25, 0.3) is 0 Å². The van der Waals surface area contributed by atoms with Crippen LogP contribution in [0.1, 0.15) is 13.3 Å². The second-order valence-corrected chi connectivity index (χ2v) is 6.86. The van der Waals surface area contributed by atoms with E-state index in [1.54, 1.807) is 30.6 Å². The van der Waals surface area contributed by atoms with Crippen molar-refractivity contribution in [2.24, 2.45) is 0 Å². The van der Waals surface area contributed by atoms with E-state index in [9.17, 15) is 8.42 Å². The summed E-state index contributed by atoms with van der Waals surface area (Å²) in [5.74, 6) is 0. The van der Waals surface area contributed by atoms with Crippen LogP contribution >= 0.6 is 22.9 Å². The molecule has 0 aliphatic carbocycles. The van der Waals surface area contributed by atoms with E-state index in [0.29, 0.717) is 16.8 Å². The molecule has 0 spiro atoms. The molecule has 20 heavy (non-hydrogen) atoms. The molecule has 1 unspecified atom stereocenters. The molecule has 1 aromatic heterocycles. The third kappa shape index (κ3) is 3.46. The number of sulfonamides is 1. The van der Waals surface area contributed by atoms with E-state index < -0.39 is 10.0 Å². The normalized spacial score (nSPS) is 13.5. The first-order valence-corrected chi connectivity index (χ1v) is 8.83. The van der Waals surface area contributed by atoms with Crippen molar-refractivity contribution < 1.29 is 8.42 Å². The van der Waals surface area contributed by atoms with E-state index in [4.69, 9.17) is 0 Å². The zero-order valence-corrected chi connectivity index (χ0v) is 14.0. The minimum atomic E-state index is -3.54. The van der Waals surface area contributed by atoms with Gasteiger partial charge in [0.1, 0.15) is 0 Å². The van der Waals surface area contributed by atoms with Gasteiger partial charge in [0.05, 0.1) is 4.90 Å². The lowest BCUT2D eigenvalue weighted by atomic mass is 10.2. The molecule has 0 bridgehead atoms. The van der Waals surface area contributed by atoms with Crippen LogP contribution in [-0.4, -0.2) is 26.0 Å². The largest absolute Gasteiger partial charge is 0.264 e. The molecule has 1 atom stereocenters. The third-order valence-corrected chi connectivity index (χ3v) is 5.09. The van der Waals surface area contributed by atoms with Gasteiger partial charge < -0.3 is 0 Å². The van der Waals surface area contributed by atoms with Crippen molar-refractivity contribution in [3.63, 3.8) is 0 Å². The fraction of sp³-hybridized carbons (Fsp3) is 0.308. The first-order valence-electron chi connectivity index (χ1n) is 6.27. The summed E-state index contributed by atoms with van der Waals surface area (Å²) in [4.78, 5) is 4.31. The number of benzene rings is 1. The Morgan fingerprint density at radius 2 is 2.15 bits per heavy atom. The van der Waals surface area contributed by atoms with Gasteiger partial charge in [-0.05, 0) is 18.6 Å². The van der Waals surface area contributed by atoms with Crippen LogP contribution in [0, 0.1) is 0 Å². The first kappa shape index (κ1) is 15.6. The van der Waals surface area contributed by atoms with Gasteiger partial charge in [-0.1, -0.05) is 19.1 Å². The highest BCUT2D eigenvalue weighted by atomic mass is 127. The summed E-state index contributed by atoms with van der Waals surface area (Å²) in [6.07, 6.45) is 3.99. The average Bonchev–Trinajstić information content (AvgIpc) is 2.46. The Morgan fingerprint density at radius 1 is 1.35 bits per heavy atom. The zero-order valence-electron chi connectivity index (χ0n) is 11.0. The van der Waals surface area contributed by atoms with Crippen molar-refractivity contribution in [2.45, 2.75) is 24.3 Å². The monoisotopic (exact) mass is 405 g/mol. The molecule has 2 N–H and O–H groups in total. The fourth-order valence-corrected chi connectivity index (χ4v) is 4.05. The topological polar surface area (TPSA) is 71.1 Å². The molecule has 0 saturated carbocycles. The molecule has 5 nitrogen and oxygen atoms in total. The lowest BCUT2D eigenvalue weighted by molar-refractivity contribution is 0.539. The second-order valence-electron chi connectivity index (χ2n) is 4.42. The van der Waals surface area contributed by atoms with Crippen LogP contribution in [0.4, 0.5) is 0 Å². The number of nitrogens with zero attached hydrogens (tertiary/aromatic N) is 1. The predicted octanol–water partition coefficient (Wildman–Crippen LogP) is 2.23. The van der Waals surface area contributed by atoms with Crippen LogP contribution in [0.2, 0.25) is 0 Å². The van der Waals surface area contributed by atoms with Gasteiger partial charge in [0.2, 0.25) is 10.0 Å². The smallest absolute Gasteiger partial charge is 0.241 e. The van der Waals surface area contributed by atoms with Crippen molar-refractivity contribution in [1.82, 2.24) is 13.2 Å². The molecular formula is C13H16IN3O2S. The quantitative estimate of drug-likeness (QED) is 0.571. The van der Waals surface area contributed by atoms with Crippen LogP contribution in [0.5, 0.6) is 0 Å². The van der Waals surface area contributed by atoms with Gasteiger partial charge in [-0.2, -0.15) is 0 Å². The number of nitrogens with one attached hydrogen (secondary N) is 2. The van der Waals surface area contributed by atoms with Gasteiger partial charge in [-0.25, -0.2) is 13.1 Å². The molecule has 1 heterocycles. The first-order chi connectivity index (χ1) is 9.58. The summed E-state index contributed by atoms with van der Waals surface area (Å²) in [5.41, 5.74) is 0. The SMILES string of the molecule is CCC(CNI)NS(=O)(=O)c1cccc2cnccc12. The fourth-order valence-electron chi connectivity index (χ4n) is 1.97. The minimum Gasteiger partial charge on any atom is -0.264 e. The molecule has 0 saturated heterocycles. The number of rotatable bonds is 6. The Hall–Kier alpha value is -0.770. The summed E-state index contributed by atoms with van der Waals surface area (Å²) in [5, 5.41) is 1.50. The van der Waals surface area contributed by atoms with E-state index in [1.165, 1.54) is 0 Å². The van der Waals surface area contributed by atoms with Crippen molar-refractivity contribution >= 4 is 43.7 Å². The van der Waals surface area contributed by atoms with Gasteiger partial charge in [0.15, 0.2) is 0 Å². The van der Waals surface area contributed by atoms with Crippen LogP contribution in [0.3, 0.4) is 0 Å². The molecule has 7 heteroatoms. The van der Waals surface area contributed by atoms with Crippen LogP contribution in [0.15, 0.2) is 41.6 Å². The molecule has 0 amide bonds. The van der Waals surface area contributed by atoms with E-state index in [1.807, 2.05) is 35.9 Å². The second kappa shape index (κ2) is 6.79. The summed E-state index contributed by atoms with van der Waals surface area (Å²) in [6, 6.07) is 6.80. The standard InChI is InChI=1S/C13H16IN3O2S/c1-2-11(9-16-14)17-20(18,19)13-5-3-4-10-8-15-7-6-12(10)13/h3-8,11,16-17H,2,9H2,1H3. The minimum absolute atomic E-state index is 0.131. The van der Waals surface area contributed by atoms with E-state index >= 15 is 0 Å². The zero-order chi connectivity index (χ0) is 14.6. The van der Waals surface area contributed by atoms with Gasteiger partial charge in [-0.15, -0.1) is 0 Å². The van der Waals surface area contributed by atoms with Crippen molar-refractivity contribution in [2.75, 3.05) is 6.54 Å². The Bertz CT molecular complexity index is 686. The maximum absolute atomic E-state index is 12.5. The number of fused-ring (bicyclic) bond motifs is 1. The molecule has 0 fully saturated rings. The van der Waals surface area contributed by atoms with Gasteiger partial charge in [0, 0.05) is 58.6 Å². The van der Waals surface area contributed by atoms with Crippen molar-refractivity contribution in [3.8, 4) is 0 Å². The van der Waals surface area contributed by atoms with Crippen LogP contribution < -0.4 is 8.25 Å². The van der Waals surface area contributed by atoms with Crippen molar-refractivity contribution in [1.29, 1.82) is 0 Å². The Balaban J connectivity index is 2.41. The maximum atomic E-state index is 12.5. The molecule has 108 valence electrons. The Labute approximate surface area is 132 Å². The van der Waals surface area contributed by atoms with Gasteiger partial charge in [-0.3, -0.25) is 8.51 Å². The van der Waals surface area contributed by atoms with E-state index in [0.717, 1.165) is 11.8 Å². The molecule has 2 aromatic rings. The highest BCUT2D eigenvalue weighted by Crippen LogP contribution is 2.22. The summed E-state index contributed by atoms with van der Waals surface area (Å²) in [6.45, 7) is 2.54. The number of hydrogen-bond acceptors (Lipinski definition) is 4. The molecule has 0 aliphatic heterocycles. The number of halogens is 1. The molecule has 2 rings (SSSR count). The number of hydrogen-bond donors (Lipinski definition) is 2. The number of pyridine rings is 1. The van der Waals surface area contributed by atoms with E-state index in [2.05, 4.69) is 13.2 Å². The molecule has 1 aromatic carbocycles. The van der Waals surface area contributed by atoms with Crippen LogP contribution in [-0.2, 0) is 10.0 Å². The van der Waals surface area contributed by atoms with Crippen LogP contribution in [0.25, 0.3) is 10.8 Å². The Kier molecular flexibility index (Phi) is 5.30. The predicted molar refractivity (Wildman–Crippen MR) is 88.2 cm³/mol. The Morgan fingerprint density at radius 3 is 2.85 bits per heavy atom. The molecule has 0 aliphatic rings. The highest BCUT2D eigenvalue weighted by molar-refractivity contribution is 14.1. The average molecular weight is 405 g/mol. The summed E-state index contributed by atoms with van der Waals surface area (Å²) in [7, 11) is -3.54.